The van der Waals surface area contributed by atoms with Gasteiger partial charge in [-0.15, -0.1) is 0 Å². The van der Waals surface area contributed by atoms with E-state index in [0.29, 0.717) is 0 Å². The fourth-order valence-corrected chi connectivity index (χ4v) is 2.21. The van der Waals surface area contributed by atoms with Gasteiger partial charge in [0.2, 0.25) is 0 Å². The molecule has 8 heavy (non-hydrogen) atoms. The van der Waals surface area contributed by atoms with Crippen molar-refractivity contribution in [1.29, 1.82) is 0 Å². The van der Waals surface area contributed by atoms with Gasteiger partial charge in [-0.25, -0.2) is 0 Å². The number of hydrogen-bond acceptors (Lipinski definition) is 1. The van der Waals surface area contributed by atoms with Crippen LogP contribution in [0.5, 0.6) is 0 Å². The summed E-state index contributed by atoms with van der Waals surface area (Å²) in [7, 11) is 0. The van der Waals surface area contributed by atoms with E-state index in [1.807, 2.05) is 0 Å². The molecule has 48 valence electrons. The Balaban J connectivity index is 2.24. The van der Waals surface area contributed by atoms with E-state index in [0.717, 1.165) is 6.04 Å². The van der Waals surface area contributed by atoms with Gasteiger partial charge in [-0.1, -0.05) is 12.8 Å². The zero-order chi connectivity index (χ0) is 5.98. The maximum atomic E-state index is 2.36. The Kier molecular flexibility index (Phi) is 3.34. The summed E-state index contributed by atoms with van der Waals surface area (Å²) in [5, 5.41) is 0. The highest BCUT2D eigenvalue weighted by molar-refractivity contribution is 14.2. The summed E-state index contributed by atoms with van der Waals surface area (Å²) in [6.07, 6.45) is 5.69. The predicted molar refractivity (Wildman–Crippen MR) is 52.1 cm³/mol. The van der Waals surface area contributed by atoms with Crippen molar-refractivity contribution in [1.82, 2.24) is 1.33 Å². The lowest BCUT2D eigenvalue weighted by Crippen LogP contribution is -2.11. The number of hydrogen-bond donors (Lipinski definition) is 0. The van der Waals surface area contributed by atoms with E-state index in [1.165, 1.54) is 25.7 Å². The molecule has 0 aromatic carbocycles. The molecule has 0 aromatic rings. The van der Waals surface area contributed by atoms with Crippen LogP contribution in [0.3, 0.4) is 0 Å². The molecule has 3 heteroatoms. The minimum absolute atomic E-state index is 0.871. The SMILES string of the molecule is IN(I)C1CCCC1. The van der Waals surface area contributed by atoms with Gasteiger partial charge in [0.25, 0.3) is 0 Å². The molecule has 1 nitrogen and oxygen atoms in total. The third-order valence-corrected chi connectivity index (χ3v) is 3.18. The highest BCUT2D eigenvalue weighted by atomic mass is 127. The second-order valence-corrected chi connectivity index (χ2v) is 6.12. The van der Waals surface area contributed by atoms with Crippen LogP contribution in [0, 0.1) is 0 Å². The Morgan fingerprint density at radius 1 is 1.12 bits per heavy atom. The summed E-state index contributed by atoms with van der Waals surface area (Å²) in [6, 6.07) is 0.871. The lowest BCUT2D eigenvalue weighted by molar-refractivity contribution is 0.575. The van der Waals surface area contributed by atoms with Crippen LogP contribution in [0.25, 0.3) is 0 Å². The fraction of sp³-hybridized carbons (Fsp3) is 1.00. The Labute approximate surface area is 78.2 Å². The van der Waals surface area contributed by atoms with Crippen molar-refractivity contribution in [2.24, 2.45) is 0 Å². The van der Waals surface area contributed by atoms with Crippen molar-refractivity contribution in [3.63, 3.8) is 0 Å². The summed E-state index contributed by atoms with van der Waals surface area (Å²) in [5.74, 6) is 0. The highest BCUT2D eigenvalue weighted by Crippen LogP contribution is 2.28. The smallest absolute Gasteiger partial charge is 0.0311 e. The maximum Gasteiger partial charge on any atom is 0.0311 e. The monoisotopic (exact) mass is 337 g/mol. The first-order valence-corrected chi connectivity index (χ1v) is 4.84. The Hall–Kier alpha value is 1.42. The van der Waals surface area contributed by atoms with E-state index in [2.05, 4.69) is 47.1 Å². The van der Waals surface area contributed by atoms with Crippen LogP contribution in [-0.4, -0.2) is 7.37 Å². The summed E-state index contributed by atoms with van der Waals surface area (Å²) in [6.45, 7) is 0. The van der Waals surface area contributed by atoms with Gasteiger partial charge in [-0.2, -0.15) is 1.33 Å². The quantitative estimate of drug-likeness (QED) is 0.525. The van der Waals surface area contributed by atoms with Crippen LogP contribution in [0.1, 0.15) is 25.7 Å². The van der Waals surface area contributed by atoms with Crippen molar-refractivity contribution < 1.29 is 0 Å². The highest BCUT2D eigenvalue weighted by Gasteiger charge is 2.18. The zero-order valence-electron chi connectivity index (χ0n) is 4.61. The van der Waals surface area contributed by atoms with Crippen molar-refractivity contribution in [3.05, 3.63) is 0 Å². The molecule has 0 bridgehead atoms. The molecule has 0 aliphatic heterocycles. The third-order valence-electron chi connectivity index (χ3n) is 1.60. The van der Waals surface area contributed by atoms with Crippen LogP contribution in [0.2, 0.25) is 0 Å². The van der Waals surface area contributed by atoms with Crippen LogP contribution < -0.4 is 0 Å². The number of nitrogens with zero attached hydrogens (tertiary/aromatic N) is 1. The lowest BCUT2D eigenvalue weighted by Gasteiger charge is -2.11. The first kappa shape index (κ1) is 7.53. The molecule has 0 N–H and O–H groups in total. The molecule has 1 rings (SSSR count). The van der Waals surface area contributed by atoms with Crippen molar-refractivity contribution >= 4 is 45.7 Å². The second-order valence-electron chi connectivity index (χ2n) is 2.20. The first-order valence-electron chi connectivity index (χ1n) is 2.91. The summed E-state index contributed by atoms with van der Waals surface area (Å²) >= 11 is 4.73. The van der Waals surface area contributed by atoms with Gasteiger partial charge in [-0.05, 0) is 12.8 Å². The average molecular weight is 337 g/mol. The van der Waals surface area contributed by atoms with Crippen molar-refractivity contribution in [2.45, 2.75) is 31.7 Å². The normalized spacial score (nSPS) is 22.9. The second kappa shape index (κ2) is 3.55. The van der Waals surface area contributed by atoms with E-state index >= 15 is 0 Å². The van der Waals surface area contributed by atoms with Crippen LogP contribution in [0.15, 0.2) is 0 Å². The standard InChI is InChI=1S/C5H9I2N/c6-8(7)5-3-1-2-4-5/h5H,1-4H2. The molecule has 0 heterocycles. The largest absolute Gasteiger partial charge is 0.185 e. The van der Waals surface area contributed by atoms with Crippen LogP contribution >= 0.6 is 45.7 Å². The maximum absolute atomic E-state index is 2.36. The van der Waals surface area contributed by atoms with Gasteiger partial charge in [0.05, 0.1) is 0 Å². The summed E-state index contributed by atoms with van der Waals surface area (Å²) in [4.78, 5) is 0. The zero-order valence-corrected chi connectivity index (χ0v) is 8.92. The molecule has 1 saturated carbocycles. The van der Waals surface area contributed by atoms with Gasteiger partial charge in [0, 0.05) is 51.8 Å². The van der Waals surface area contributed by atoms with Gasteiger partial charge in [0.15, 0.2) is 0 Å². The minimum Gasteiger partial charge on any atom is -0.185 e. The average Bonchev–Trinajstić information content (AvgIpc) is 2.12. The number of halogens is 2. The number of rotatable bonds is 1. The van der Waals surface area contributed by atoms with E-state index in [9.17, 15) is 0 Å². The molecule has 1 aliphatic rings. The molecule has 0 radical (unpaired) electrons. The molecule has 0 aromatic heterocycles. The minimum atomic E-state index is 0.871. The molecule has 1 fully saturated rings. The topological polar surface area (TPSA) is 3.24 Å². The van der Waals surface area contributed by atoms with Gasteiger partial charge >= 0.3 is 0 Å². The molecule has 0 saturated heterocycles. The van der Waals surface area contributed by atoms with E-state index in [4.69, 9.17) is 0 Å². The van der Waals surface area contributed by atoms with E-state index in [-0.39, 0.29) is 0 Å². The lowest BCUT2D eigenvalue weighted by atomic mass is 10.3. The third kappa shape index (κ3) is 1.98. The van der Waals surface area contributed by atoms with Gasteiger partial charge < -0.3 is 0 Å². The first-order chi connectivity index (χ1) is 3.80. The van der Waals surface area contributed by atoms with Gasteiger partial charge in [0.1, 0.15) is 0 Å². The van der Waals surface area contributed by atoms with Crippen LogP contribution in [-0.2, 0) is 0 Å². The molecule has 1 aliphatic carbocycles. The summed E-state index contributed by atoms with van der Waals surface area (Å²) < 4.78 is 2.28. The summed E-state index contributed by atoms with van der Waals surface area (Å²) in [5.41, 5.74) is 0. The van der Waals surface area contributed by atoms with E-state index < -0.39 is 0 Å². The Bertz CT molecular complexity index is 68.8. The predicted octanol–water partition coefficient (Wildman–Crippen LogP) is 2.93. The Morgan fingerprint density at radius 3 is 1.88 bits per heavy atom. The van der Waals surface area contributed by atoms with Crippen molar-refractivity contribution in [3.8, 4) is 0 Å². The molecule has 0 unspecified atom stereocenters. The van der Waals surface area contributed by atoms with Crippen molar-refractivity contribution in [2.75, 3.05) is 0 Å². The van der Waals surface area contributed by atoms with Gasteiger partial charge in [-0.3, -0.25) is 0 Å². The Morgan fingerprint density at radius 2 is 1.62 bits per heavy atom. The molecule has 0 spiro atoms. The molecule has 0 atom stereocenters. The molecular weight excluding hydrogens is 328 g/mol. The molecule has 0 amide bonds. The van der Waals surface area contributed by atoms with E-state index in [1.54, 1.807) is 0 Å². The molecular formula is C5H9I2N. The fourth-order valence-electron chi connectivity index (χ4n) is 1.10. The van der Waals surface area contributed by atoms with Crippen LogP contribution in [0.4, 0.5) is 0 Å².